The first kappa shape index (κ1) is 17.3. The highest BCUT2D eigenvalue weighted by Crippen LogP contribution is 2.28. The Balaban J connectivity index is 1.29. The molecule has 0 spiro atoms. The fourth-order valence-electron chi connectivity index (χ4n) is 3.43. The molecule has 0 bridgehead atoms. The zero-order valence-electron chi connectivity index (χ0n) is 15.1. The molecule has 1 aliphatic rings. The Morgan fingerprint density at radius 1 is 1.15 bits per heavy atom. The number of aryl methyl sites for hydroxylation is 2. The number of H-pyrrole nitrogens is 1. The molecule has 0 saturated heterocycles. The molecule has 0 radical (unpaired) electrons. The Hall–Kier alpha value is -2.08. The van der Waals surface area contributed by atoms with Crippen molar-refractivity contribution in [2.24, 2.45) is 5.92 Å². The topological polar surface area (TPSA) is 67.6 Å². The molecule has 1 aromatic carbocycles. The summed E-state index contributed by atoms with van der Waals surface area (Å²) in [5.74, 6) is 3.24. The number of oxazole rings is 1. The van der Waals surface area contributed by atoms with Gasteiger partial charge in [0.05, 0.1) is 5.69 Å². The van der Waals surface area contributed by atoms with Crippen molar-refractivity contribution >= 4 is 11.8 Å². The fraction of sp³-hybridized carbons (Fsp3) is 0.450. The molecule has 136 valence electrons. The lowest BCUT2D eigenvalue weighted by Crippen LogP contribution is -1.97. The van der Waals surface area contributed by atoms with Gasteiger partial charge in [-0.2, -0.15) is 0 Å². The van der Waals surface area contributed by atoms with Crippen LogP contribution in [-0.4, -0.2) is 20.2 Å². The summed E-state index contributed by atoms with van der Waals surface area (Å²) in [6, 6.07) is 8.19. The maximum atomic E-state index is 5.61. The summed E-state index contributed by atoms with van der Waals surface area (Å²) >= 11 is 1.59. The molecule has 0 unspecified atom stereocenters. The maximum Gasteiger partial charge on any atom is 0.226 e. The lowest BCUT2D eigenvalue weighted by molar-refractivity contribution is 0.497. The van der Waals surface area contributed by atoms with Gasteiger partial charge in [-0.15, -0.1) is 5.10 Å². The van der Waals surface area contributed by atoms with Crippen LogP contribution in [0.3, 0.4) is 0 Å². The van der Waals surface area contributed by atoms with Crippen molar-refractivity contribution in [2.75, 3.05) is 0 Å². The Kier molecular flexibility index (Phi) is 5.39. The molecule has 0 atom stereocenters. The Morgan fingerprint density at radius 2 is 1.96 bits per heavy atom. The average Bonchev–Trinajstić information content (AvgIpc) is 3.40. The van der Waals surface area contributed by atoms with Gasteiger partial charge in [0.15, 0.2) is 0 Å². The van der Waals surface area contributed by atoms with Crippen LogP contribution < -0.4 is 0 Å². The van der Waals surface area contributed by atoms with E-state index in [-0.39, 0.29) is 0 Å². The fourth-order valence-corrected chi connectivity index (χ4v) is 4.13. The molecule has 1 saturated carbocycles. The Labute approximate surface area is 158 Å². The van der Waals surface area contributed by atoms with Crippen LogP contribution in [0.5, 0.6) is 0 Å². The van der Waals surface area contributed by atoms with Gasteiger partial charge in [0, 0.05) is 17.7 Å². The first-order valence-corrected chi connectivity index (χ1v) is 10.3. The standard InChI is InChI=1S/C20H24N4OS/c1-14-6-9-16(10-7-14)19-21-17(12-25-19)13-26-20-22-18(23-24-20)11-8-15-4-2-3-5-15/h6-7,9-10,12,15H,2-5,8,11,13H2,1H3,(H,22,23,24). The number of rotatable bonds is 7. The second-order valence-electron chi connectivity index (χ2n) is 7.05. The highest BCUT2D eigenvalue weighted by molar-refractivity contribution is 7.98. The minimum absolute atomic E-state index is 0.660. The van der Waals surface area contributed by atoms with Crippen LogP contribution in [-0.2, 0) is 12.2 Å². The van der Waals surface area contributed by atoms with Gasteiger partial charge in [-0.25, -0.2) is 9.97 Å². The quantitative estimate of drug-likeness (QED) is 0.582. The number of thioether (sulfide) groups is 1. The van der Waals surface area contributed by atoms with E-state index in [2.05, 4.69) is 39.2 Å². The highest BCUT2D eigenvalue weighted by atomic mass is 32.2. The van der Waals surface area contributed by atoms with Gasteiger partial charge < -0.3 is 4.42 Å². The predicted molar refractivity (Wildman–Crippen MR) is 103 cm³/mol. The van der Waals surface area contributed by atoms with Gasteiger partial charge in [0.25, 0.3) is 0 Å². The number of hydrogen-bond donors (Lipinski definition) is 1. The largest absolute Gasteiger partial charge is 0.444 e. The molecule has 0 amide bonds. The van der Waals surface area contributed by atoms with Crippen molar-refractivity contribution in [1.82, 2.24) is 20.2 Å². The molecule has 26 heavy (non-hydrogen) atoms. The van der Waals surface area contributed by atoms with Crippen molar-refractivity contribution in [3.05, 3.63) is 47.6 Å². The second kappa shape index (κ2) is 8.08. The van der Waals surface area contributed by atoms with E-state index in [1.54, 1.807) is 18.0 Å². The SMILES string of the molecule is Cc1ccc(-c2nc(CSc3n[nH]c(CCC4CCCC4)n3)co2)cc1. The third-order valence-corrected chi connectivity index (χ3v) is 5.86. The van der Waals surface area contributed by atoms with E-state index in [0.717, 1.165) is 34.6 Å². The van der Waals surface area contributed by atoms with E-state index in [1.807, 2.05) is 12.1 Å². The van der Waals surface area contributed by atoms with Crippen molar-refractivity contribution in [3.63, 3.8) is 0 Å². The van der Waals surface area contributed by atoms with Crippen molar-refractivity contribution in [3.8, 4) is 11.5 Å². The van der Waals surface area contributed by atoms with Gasteiger partial charge in [-0.3, -0.25) is 5.10 Å². The molecular weight excluding hydrogens is 344 g/mol. The summed E-state index contributed by atoms with van der Waals surface area (Å²) in [7, 11) is 0. The first-order chi connectivity index (χ1) is 12.8. The van der Waals surface area contributed by atoms with Crippen LogP contribution in [0.1, 0.15) is 49.2 Å². The summed E-state index contributed by atoms with van der Waals surface area (Å²) in [6.45, 7) is 2.07. The average molecular weight is 369 g/mol. The maximum absolute atomic E-state index is 5.61. The predicted octanol–water partition coefficient (Wildman–Crippen LogP) is 5.18. The minimum Gasteiger partial charge on any atom is -0.444 e. The van der Waals surface area contributed by atoms with Gasteiger partial charge in [-0.1, -0.05) is 55.1 Å². The van der Waals surface area contributed by atoms with Crippen LogP contribution >= 0.6 is 11.8 Å². The molecule has 5 nitrogen and oxygen atoms in total. The summed E-state index contributed by atoms with van der Waals surface area (Å²) in [4.78, 5) is 9.17. The Bertz CT molecular complexity index is 834. The molecular formula is C20H24N4OS. The van der Waals surface area contributed by atoms with Gasteiger partial charge in [0.2, 0.25) is 11.0 Å². The number of benzene rings is 1. The summed E-state index contributed by atoms with van der Waals surface area (Å²) < 4.78 is 5.61. The normalized spacial score (nSPS) is 15.0. The first-order valence-electron chi connectivity index (χ1n) is 9.32. The van der Waals surface area contributed by atoms with Crippen LogP contribution in [0.2, 0.25) is 0 Å². The van der Waals surface area contributed by atoms with E-state index >= 15 is 0 Å². The smallest absolute Gasteiger partial charge is 0.226 e. The number of hydrogen-bond acceptors (Lipinski definition) is 5. The molecule has 6 heteroatoms. The third kappa shape index (κ3) is 4.36. The van der Waals surface area contributed by atoms with Gasteiger partial charge in [-0.05, 0) is 31.4 Å². The Morgan fingerprint density at radius 3 is 2.77 bits per heavy atom. The molecule has 3 aromatic rings. The van der Waals surface area contributed by atoms with Crippen molar-refractivity contribution < 1.29 is 4.42 Å². The minimum atomic E-state index is 0.660. The zero-order chi connectivity index (χ0) is 17.8. The summed E-state index contributed by atoms with van der Waals surface area (Å²) in [6.07, 6.45) is 9.49. The molecule has 2 heterocycles. The van der Waals surface area contributed by atoms with E-state index in [1.165, 1.54) is 37.7 Å². The summed E-state index contributed by atoms with van der Waals surface area (Å²) in [5, 5.41) is 8.18. The molecule has 2 aromatic heterocycles. The van der Waals surface area contributed by atoms with E-state index in [4.69, 9.17) is 4.42 Å². The number of nitrogens with one attached hydrogen (secondary N) is 1. The van der Waals surface area contributed by atoms with Crippen LogP contribution in [0, 0.1) is 12.8 Å². The molecule has 1 fully saturated rings. The summed E-state index contributed by atoms with van der Waals surface area (Å²) in [5.41, 5.74) is 3.13. The number of aromatic amines is 1. The van der Waals surface area contributed by atoms with Gasteiger partial charge >= 0.3 is 0 Å². The van der Waals surface area contributed by atoms with Crippen LogP contribution in [0.25, 0.3) is 11.5 Å². The number of nitrogens with zero attached hydrogens (tertiary/aromatic N) is 3. The third-order valence-electron chi connectivity index (χ3n) is 4.97. The molecule has 1 aliphatic carbocycles. The zero-order valence-corrected chi connectivity index (χ0v) is 15.9. The van der Waals surface area contributed by atoms with Crippen LogP contribution in [0.4, 0.5) is 0 Å². The van der Waals surface area contributed by atoms with E-state index < -0.39 is 0 Å². The lowest BCUT2D eigenvalue weighted by atomic mass is 10.0. The monoisotopic (exact) mass is 368 g/mol. The van der Waals surface area contributed by atoms with Crippen LogP contribution in [0.15, 0.2) is 40.1 Å². The van der Waals surface area contributed by atoms with E-state index in [0.29, 0.717) is 11.6 Å². The second-order valence-corrected chi connectivity index (χ2v) is 8.00. The number of aromatic nitrogens is 4. The van der Waals surface area contributed by atoms with Crippen molar-refractivity contribution in [1.29, 1.82) is 0 Å². The highest BCUT2D eigenvalue weighted by Gasteiger charge is 2.16. The molecule has 0 aliphatic heterocycles. The van der Waals surface area contributed by atoms with Crippen molar-refractivity contribution in [2.45, 2.75) is 56.4 Å². The molecule has 4 rings (SSSR count). The van der Waals surface area contributed by atoms with Gasteiger partial charge in [0.1, 0.15) is 12.1 Å². The lowest BCUT2D eigenvalue weighted by Gasteiger charge is -2.05. The molecule has 1 N–H and O–H groups in total. The van der Waals surface area contributed by atoms with E-state index in [9.17, 15) is 0 Å².